The van der Waals surface area contributed by atoms with Gasteiger partial charge in [0.1, 0.15) is 5.82 Å². The van der Waals surface area contributed by atoms with Crippen molar-refractivity contribution < 1.29 is 17.6 Å². The summed E-state index contributed by atoms with van der Waals surface area (Å²) in [5.74, 6) is -0.629. The first-order chi connectivity index (χ1) is 11.7. The Morgan fingerprint density at radius 2 is 1.77 bits per heavy atom. The number of carbonyl (C=O) groups excluding carboxylic acids is 1. The highest BCUT2D eigenvalue weighted by Gasteiger charge is 2.26. The van der Waals surface area contributed by atoms with E-state index in [9.17, 15) is 17.6 Å². The van der Waals surface area contributed by atoms with Crippen LogP contribution in [0.3, 0.4) is 0 Å². The Kier molecular flexibility index (Phi) is 10.3. The van der Waals surface area contributed by atoms with E-state index < -0.39 is 21.4 Å². The van der Waals surface area contributed by atoms with Crippen molar-refractivity contribution >= 4 is 28.3 Å². The number of amides is 1. The van der Waals surface area contributed by atoms with Crippen molar-refractivity contribution in [3.8, 4) is 0 Å². The van der Waals surface area contributed by atoms with E-state index in [2.05, 4.69) is 5.32 Å². The van der Waals surface area contributed by atoms with E-state index in [4.69, 9.17) is 5.73 Å². The zero-order valence-electron chi connectivity index (χ0n) is 15.5. The lowest BCUT2D eigenvalue weighted by Gasteiger charge is -2.31. The lowest BCUT2D eigenvalue weighted by Crippen LogP contribution is -2.52. The molecule has 0 bridgehead atoms. The van der Waals surface area contributed by atoms with Gasteiger partial charge in [0.2, 0.25) is 15.9 Å². The van der Waals surface area contributed by atoms with Gasteiger partial charge in [-0.25, -0.2) is 17.1 Å². The number of rotatable bonds is 10. The summed E-state index contributed by atoms with van der Waals surface area (Å²) in [4.78, 5) is 12.1. The third-order valence-corrected chi connectivity index (χ3v) is 6.42. The lowest BCUT2D eigenvalue weighted by atomic mass is 9.92. The van der Waals surface area contributed by atoms with E-state index in [1.54, 1.807) is 0 Å². The van der Waals surface area contributed by atoms with Crippen LogP contribution >= 0.6 is 12.4 Å². The molecule has 0 aliphatic rings. The molecule has 26 heavy (non-hydrogen) atoms. The number of benzene rings is 1. The molecule has 0 aliphatic carbocycles. The van der Waals surface area contributed by atoms with Crippen LogP contribution < -0.4 is 11.1 Å². The minimum absolute atomic E-state index is 0. The molecule has 0 heterocycles. The zero-order chi connectivity index (χ0) is 19.1. The number of hydrogen-bond donors (Lipinski definition) is 2. The van der Waals surface area contributed by atoms with Crippen LogP contribution in [0.25, 0.3) is 0 Å². The smallest absolute Gasteiger partial charge is 0.242 e. The molecule has 0 aromatic heterocycles. The fourth-order valence-corrected chi connectivity index (χ4v) is 3.70. The monoisotopic (exact) mass is 409 g/mol. The minimum atomic E-state index is -3.69. The molecule has 0 spiro atoms. The largest absolute Gasteiger partial charge is 0.349 e. The molecule has 6 nitrogen and oxygen atoms in total. The number of carbonyl (C=O) groups is 1. The lowest BCUT2D eigenvalue weighted by molar-refractivity contribution is -0.123. The van der Waals surface area contributed by atoms with Gasteiger partial charge in [-0.05, 0) is 43.5 Å². The molecule has 0 atom stereocenters. The standard InChI is InChI=1S/C17H28FN3O3S.ClH/c1-4-17(5-2,13-19)20-16(22)7-6-12-21(3)25(23,24)15-10-8-14(18)9-11-15;/h8-11H,4-7,12-13,19H2,1-3H3,(H,20,22);1H. The highest BCUT2D eigenvalue weighted by molar-refractivity contribution is 7.89. The Labute approximate surface area is 161 Å². The summed E-state index contributed by atoms with van der Waals surface area (Å²) < 4.78 is 38.8. The second kappa shape index (κ2) is 10.8. The summed E-state index contributed by atoms with van der Waals surface area (Å²) in [6.07, 6.45) is 2.08. The number of nitrogens with one attached hydrogen (secondary N) is 1. The molecular weight excluding hydrogens is 381 g/mol. The molecule has 1 aromatic carbocycles. The van der Waals surface area contributed by atoms with Gasteiger partial charge in [-0.3, -0.25) is 4.79 Å². The normalized spacial score (nSPS) is 11.9. The average molecular weight is 410 g/mol. The third kappa shape index (κ3) is 6.50. The van der Waals surface area contributed by atoms with Gasteiger partial charge in [0.05, 0.1) is 10.4 Å². The van der Waals surface area contributed by atoms with Crippen LogP contribution in [-0.4, -0.2) is 44.3 Å². The first-order valence-electron chi connectivity index (χ1n) is 8.43. The van der Waals surface area contributed by atoms with Crippen molar-refractivity contribution in [2.45, 2.75) is 50.0 Å². The van der Waals surface area contributed by atoms with Crippen LogP contribution in [0.15, 0.2) is 29.2 Å². The molecule has 0 fully saturated rings. The SMILES string of the molecule is CCC(CC)(CN)NC(=O)CCCN(C)S(=O)(=O)c1ccc(F)cc1.Cl. The third-order valence-electron chi connectivity index (χ3n) is 4.55. The van der Waals surface area contributed by atoms with Crippen molar-refractivity contribution in [2.75, 3.05) is 20.1 Å². The fraction of sp³-hybridized carbons (Fsp3) is 0.588. The Morgan fingerprint density at radius 3 is 2.23 bits per heavy atom. The molecule has 1 aromatic rings. The van der Waals surface area contributed by atoms with E-state index >= 15 is 0 Å². The molecule has 150 valence electrons. The summed E-state index contributed by atoms with van der Waals surface area (Å²) in [6, 6.07) is 4.67. The Balaban J connectivity index is 0.00000625. The van der Waals surface area contributed by atoms with Crippen LogP contribution in [0.5, 0.6) is 0 Å². The predicted molar refractivity (Wildman–Crippen MR) is 103 cm³/mol. The first-order valence-corrected chi connectivity index (χ1v) is 9.87. The maximum absolute atomic E-state index is 12.9. The van der Waals surface area contributed by atoms with Gasteiger partial charge in [-0.15, -0.1) is 12.4 Å². The number of halogens is 2. The molecule has 1 rings (SSSR count). The Hall–Kier alpha value is -1.22. The molecule has 0 radical (unpaired) electrons. The number of nitrogens with two attached hydrogens (primary N) is 1. The van der Waals surface area contributed by atoms with E-state index in [0.29, 0.717) is 13.0 Å². The molecular formula is C17H29ClFN3O3S. The highest BCUT2D eigenvalue weighted by Crippen LogP contribution is 2.16. The summed E-state index contributed by atoms with van der Waals surface area (Å²) in [5.41, 5.74) is 5.36. The van der Waals surface area contributed by atoms with Crippen LogP contribution in [-0.2, 0) is 14.8 Å². The van der Waals surface area contributed by atoms with Gasteiger partial charge >= 0.3 is 0 Å². The Bertz CT molecular complexity index is 656. The van der Waals surface area contributed by atoms with Crippen molar-refractivity contribution in [1.82, 2.24) is 9.62 Å². The van der Waals surface area contributed by atoms with Crippen molar-refractivity contribution in [1.29, 1.82) is 0 Å². The average Bonchev–Trinajstić information content (AvgIpc) is 2.60. The minimum Gasteiger partial charge on any atom is -0.349 e. The molecule has 0 saturated heterocycles. The Morgan fingerprint density at radius 1 is 1.23 bits per heavy atom. The van der Waals surface area contributed by atoms with Crippen molar-refractivity contribution in [3.05, 3.63) is 30.1 Å². The zero-order valence-corrected chi connectivity index (χ0v) is 17.1. The molecule has 0 aliphatic heterocycles. The number of nitrogens with zero attached hydrogens (tertiary/aromatic N) is 1. The van der Waals surface area contributed by atoms with E-state index in [1.807, 2.05) is 13.8 Å². The topological polar surface area (TPSA) is 92.5 Å². The van der Waals surface area contributed by atoms with E-state index in [-0.39, 0.29) is 36.2 Å². The maximum Gasteiger partial charge on any atom is 0.242 e. The van der Waals surface area contributed by atoms with Crippen LogP contribution in [0.1, 0.15) is 39.5 Å². The van der Waals surface area contributed by atoms with Gasteiger partial charge in [0, 0.05) is 26.6 Å². The molecule has 0 saturated carbocycles. The first kappa shape index (κ1) is 24.8. The van der Waals surface area contributed by atoms with Gasteiger partial charge < -0.3 is 11.1 Å². The summed E-state index contributed by atoms with van der Waals surface area (Å²) in [6.45, 7) is 4.50. The number of hydrogen-bond acceptors (Lipinski definition) is 4. The van der Waals surface area contributed by atoms with Gasteiger partial charge in [-0.2, -0.15) is 0 Å². The summed E-state index contributed by atoms with van der Waals surface area (Å²) >= 11 is 0. The highest BCUT2D eigenvalue weighted by atomic mass is 35.5. The quantitative estimate of drug-likeness (QED) is 0.620. The molecule has 0 unspecified atom stereocenters. The molecule has 3 N–H and O–H groups in total. The molecule has 9 heteroatoms. The van der Waals surface area contributed by atoms with E-state index in [0.717, 1.165) is 25.0 Å². The predicted octanol–water partition coefficient (Wildman–Crippen LogP) is 2.28. The van der Waals surface area contributed by atoms with Gasteiger partial charge in [-0.1, -0.05) is 13.8 Å². The van der Waals surface area contributed by atoms with Crippen LogP contribution in [0.4, 0.5) is 4.39 Å². The van der Waals surface area contributed by atoms with Crippen molar-refractivity contribution in [2.24, 2.45) is 5.73 Å². The number of sulfonamides is 1. The van der Waals surface area contributed by atoms with Crippen molar-refractivity contribution in [3.63, 3.8) is 0 Å². The second-order valence-corrected chi connectivity index (χ2v) is 8.17. The van der Waals surface area contributed by atoms with Gasteiger partial charge in [0.15, 0.2) is 0 Å². The van der Waals surface area contributed by atoms with E-state index in [1.165, 1.54) is 23.5 Å². The van der Waals surface area contributed by atoms with Crippen LogP contribution in [0, 0.1) is 5.82 Å². The summed E-state index contributed by atoms with van der Waals surface area (Å²) in [5, 5.41) is 2.96. The van der Waals surface area contributed by atoms with Crippen LogP contribution in [0.2, 0.25) is 0 Å². The fourth-order valence-electron chi connectivity index (χ4n) is 2.49. The maximum atomic E-state index is 12.9. The summed E-state index contributed by atoms with van der Waals surface area (Å²) in [7, 11) is -2.24. The second-order valence-electron chi connectivity index (χ2n) is 6.12. The molecule has 1 amide bonds. The van der Waals surface area contributed by atoms with Gasteiger partial charge in [0.25, 0.3) is 0 Å².